The lowest BCUT2D eigenvalue weighted by Crippen LogP contribution is -2.14. The molecule has 0 spiro atoms. The van der Waals surface area contributed by atoms with Crippen LogP contribution in [-0.4, -0.2) is 19.7 Å². The first-order valence-corrected chi connectivity index (χ1v) is 6.51. The molecule has 0 radical (unpaired) electrons. The summed E-state index contributed by atoms with van der Waals surface area (Å²) in [4.78, 5) is 8.15. The number of hydrogen-bond donors (Lipinski definition) is 1. The van der Waals surface area contributed by atoms with Crippen molar-refractivity contribution in [2.24, 2.45) is 7.05 Å². The molecule has 3 rings (SSSR count). The van der Waals surface area contributed by atoms with Crippen LogP contribution >= 0.6 is 11.6 Å². The van der Waals surface area contributed by atoms with Crippen molar-refractivity contribution in [2.75, 3.05) is 5.32 Å². The SMILES string of the molecule is Cn1ncc(Nc2ncc3cc(Cl)ccc3n2)c1C(F)(F)F. The summed E-state index contributed by atoms with van der Waals surface area (Å²) in [6.45, 7) is 0. The normalized spacial score (nSPS) is 11.9. The molecule has 0 bridgehead atoms. The average molecular weight is 328 g/mol. The highest BCUT2D eigenvalue weighted by molar-refractivity contribution is 6.31. The van der Waals surface area contributed by atoms with Crippen molar-refractivity contribution < 1.29 is 13.2 Å². The van der Waals surface area contributed by atoms with E-state index in [2.05, 4.69) is 20.4 Å². The molecule has 0 fully saturated rings. The van der Waals surface area contributed by atoms with Crippen LogP contribution in [0.25, 0.3) is 10.9 Å². The number of aromatic nitrogens is 4. The highest BCUT2D eigenvalue weighted by atomic mass is 35.5. The third-order valence-corrected chi connectivity index (χ3v) is 3.23. The zero-order valence-electron chi connectivity index (χ0n) is 11.2. The van der Waals surface area contributed by atoms with Gasteiger partial charge in [-0.1, -0.05) is 11.6 Å². The zero-order chi connectivity index (χ0) is 15.9. The predicted molar refractivity (Wildman–Crippen MR) is 76.0 cm³/mol. The molecule has 0 saturated heterocycles. The summed E-state index contributed by atoms with van der Waals surface area (Å²) < 4.78 is 39.7. The minimum Gasteiger partial charge on any atom is -0.321 e. The van der Waals surface area contributed by atoms with Crippen molar-refractivity contribution in [1.82, 2.24) is 19.7 Å². The molecule has 0 aliphatic rings. The van der Waals surface area contributed by atoms with Gasteiger partial charge in [0, 0.05) is 23.7 Å². The smallest absolute Gasteiger partial charge is 0.321 e. The van der Waals surface area contributed by atoms with E-state index in [4.69, 9.17) is 11.6 Å². The lowest BCUT2D eigenvalue weighted by molar-refractivity contribution is -0.143. The third kappa shape index (κ3) is 2.69. The molecule has 0 saturated carbocycles. The van der Waals surface area contributed by atoms with Crippen molar-refractivity contribution >= 4 is 34.1 Å². The van der Waals surface area contributed by atoms with Gasteiger partial charge < -0.3 is 5.32 Å². The topological polar surface area (TPSA) is 55.6 Å². The highest BCUT2D eigenvalue weighted by Gasteiger charge is 2.37. The van der Waals surface area contributed by atoms with E-state index in [0.717, 1.165) is 10.9 Å². The first-order chi connectivity index (χ1) is 10.3. The molecule has 0 aliphatic carbocycles. The Kier molecular flexibility index (Phi) is 3.40. The second-order valence-corrected chi connectivity index (χ2v) is 4.99. The Bertz CT molecular complexity index is 843. The molecule has 3 aromatic rings. The van der Waals surface area contributed by atoms with E-state index in [0.29, 0.717) is 15.9 Å². The minimum atomic E-state index is -4.53. The van der Waals surface area contributed by atoms with Gasteiger partial charge in [-0.3, -0.25) is 4.68 Å². The summed E-state index contributed by atoms with van der Waals surface area (Å²) >= 11 is 5.85. The van der Waals surface area contributed by atoms with Crippen LogP contribution in [0.15, 0.2) is 30.6 Å². The van der Waals surface area contributed by atoms with Gasteiger partial charge in [0.2, 0.25) is 5.95 Å². The van der Waals surface area contributed by atoms with Gasteiger partial charge >= 0.3 is 6.18 Å². The Morgan fingerprint density at radius 2 is 2.00 bits per heavy atom. The summed E-state index contributed by atoms with van der Waals surface area (Å²) in [7, 11) is 1.22. The summed E-state index contributed by atoms with van der Waals surface area (Å²) in [5.41, 5.74) is -0.532. The Morgan fingerprint density at radius 3 is 2.73 bits per heavy atom. The Balaban J connectivity index is 1.99. The Labute approximate surface area is 127 Å². The number of nitrogens with zero attached hydrogens (tertiary/aromatic N) is 4. The quantitative estimate of drug-likeness (QED) is 0.778. The molecule has 22 heavy (non-hydrogen) atoms. The second-order valence-electron chi connectivity index (χ2n) is 4.55. The molecule has 0 unspecified atom stereocenters. The fourth-order valence-corrected chi connectivity index (χ4v) is 2.23. The molecular formula is C13H9ClF3N5. The van der Waals surface area contributed by atoms with Gasteiger partial charge in [-0.2, -0.15) is 18.3 Å². The maximum absolute atomic E-state index is 13.0. The Morgan fingerprint density at radius 1 is 1.23 bits per heavy atom. The molecule has 1 N–H and O–H groups in total. The highest BCUT2D eigenvalue weighted by Crippen LogP contribution is 2.35. The molecule has 0 atom stereocenters. The fourth-order valence-electron chi connectivity index (χ4n) is 2.05. The number of anilines is 2. The van der Waals surface area contributed by atoms with E-state index in [-0.39, 0.29) is 11.6 Å². The maximum Gasteiger partial charge on any atom is 0.435 e. The molecule has 1 aromatic carbocycles. The first-order valence-electron chi connectivity index (χ1n) is 6.13. The number of rotatable bonds is 2. The van der Waals surface area contributed by atoms with Crippen LogP contribution in [0, 0.1) is 0 Å². The van der Waals surface area contributed by atoms with E-state index in [1.54, 1.807) is 18.2 Å². The van der Waals surface area contributed by atoms with E-state index < -0.39 is 11.9 Å². The third-order valence-electron chi connectivity index (χ3n) is 3.00. The van der Waals surface area contributed by atoms with Crippen molar-refractivity contribution in [3.05, 3.63) is 41.3 Å². The molecule has 2 aromatic heterocycles. The molecular weight excluding hydrogens is 319 g/mol. The molecule has 114 valence electrons. The van der Waals surface area contributed by atoms with Crippen LogP contribution in [0.5, 0.6) is 0 Å². The number of nitrogens with one attached hydrogen (secondary N) is 1. The lowest BCUT2D eigenvalue weighted by Gasteiger charge is -2.10. The van der Waals surface area contributed by atoms with Gasteiger partial charge in [-0.05, 0) is 18.2 Å². The summed E-state index contributed by atoms with van der Waals surface area (Å²) in [5.74, 6) is 0.0494. The molecule has 0 amide bonds. The van der Waals surface area contributed by atoms with E-state index in [1.165, 1.54) is 13.2 Å². The number of alkyl halides is 3. The van der Waals surface area contributed by atoms with Gasteiger partial charge in [0.15, 0.2) is 5.69 Å². The molecule has 9 heteroatoms. The monoisotopic (exact) mass is 327 g/mol. The van der Waals surface area contributed by atoms with Gasteiger partial charge in [0.1, 0.15) is 0 Å². The Hall–Kier alpha value is -2.35. The van der Waals surface area contributed by atoms with E-state index in [9.17, 15) is 13.2 Å². The van der Waals surface area contributed by atoms with Crippen LogP contribution in [0.4, 0.5) is 24.8 Å². The van der Waals surface area contributed by atoms with Gasteiger partial charge in [-0.25, -0.2) is 9.97 Å². The zero-order valence-corrected chi connectivity index (χ0v) is 11.9. The summed E-state index contributed by atoms with van der Waals surface area (Å²) in [5, 5.41) is 7.39. The van der Waals surface area contributed by atoms with Crippen molar-refractivity contribution in [3.8, 4) is 0 Å². The number of benzene rings is 1. The van der Waals surface area contributed by atoms with Crippen molar-refractivity contribution in [2.45, 2.75) is 6.18 Å². The second kappa shape index (κ2) is 5.13. The number of fused-ring (bicyclic) bond motifs is 1. The largest absolute Gasteiger partial charge is 0.435 e. The van der Waals surface area contributed by atoms with Gasteiger partial charge in [0.05, 0.1) is 17.4 Å². The summed E-state index contributed by atoms with van der Waals surface area (Å²) in [6.07, 6.45) is -1.96. The average Bonchev–Trinajstić information content (AvgIpc) is 2.80. The standard InChI is InChI=1S/C13H9ClF3N5/c1-22-11(13(15,16)17)10(6-19-22)21-12-18-5-7-4-8(14)2-3-9(7)20-12/h2-6H,1H3,(H,18,20,21). The number of aryl methyl sites for hydroxylation is 1. The van der Waals surface area contributed by atoms with Crippen LogP contribution in [0.2, 0.25) is 5.02 Å². The fraction of sp³-hybridized carbons (Fsp3) is 0.154. The number of halogens is 4. The van der Waals surface area contributed by atoms with Crippen molar-refractivity contribution in [1.29, 1.82) is 0 Å². The summed E-state index contributed by atoms with van der Waals surface area (Å²) in [6, 6.07) is 4.98. The lowest BCUT2D eigenvalue weighted by atomic mass is 10.2. The van der Waals surface area contributed by atoms with E-state index in [1.807, 2.05) is 0 Å². The first kappa shape index (κ1) is 14.6. The van der Waals surface area contributed by atoms with Crippen LogP contribution in [0.3, 0.4) is 0 Å². The molecule has 0 aliphatic heterocycles. The van der Waals surface area contributed by atoms with Gasteiger partial charge in [0.25, 0.3) is 0 Å². The number of hydrogen-bond acceptors (Lipinski definition) is 4. The van der Waals surface area contributed by atoms with Crippen LogP contribution < -0.4 is 5.32 Å². The van der Waals surface area contributed by atoms with E-state index >= 15 is 0 Å². The van der Waals surface area contributed by atoms with Crippen molar-refractivity contribution in [3.63, 3.8) is 0 Å². The molecule has 5 nitrogen and oxygen atoms in total. The molecule has 2 heterocycles. The van der Waals surface area contributed by atoms with Crippen LogP contribution in [-0.2, 0) is 13.2 Å². The van der Waals surface area contributed by atoms with Crippen LogP contribution in [0.1, 0.15) is 5.69 Å². The van der Waals surface area contributed by atoms with Gasteiger partial charge in [-0.15, -0.1) is 0 Å². The predicted octanol–water partition coefficient (Wildman–Crippen LogP) is 3.78. The minimum absolute atomic E-state index is 0.0494. The maximum atomic E-state index is 13.0.